The summed E-state index contributed by atoms with van der Waals surface area (Å²) in [5.41, 5.74) is 3.92. The molecule has 0 unspecified atom stereocenters. The van der Waals surface area contributed by atoms with Crippen molar-refractivity contribution in [1.82, 2.24) is 0 Å². The Kier molecular flexibility index (Phi) is 5.19. The van der Waals surface area contributed by atoms with Gasteiger partial charge in [0.05, 0.1) is 12.7 Å². The van der Waals surface area contributed by atoms with Gasteiger partial charge in [-0.2, -0.15) is 0 Å². The molecule has 1 N–H and O–H groups in total. The predicted octanol–water partition coefficient (Wildman–Crippen LogP) is 5.07. The van der Waals surface area contributed by atoms with Crippen LogP contribution in [0.2, 0.25) is 0 Å². The Morgan fingerprint density at radius 3 is 2.15 bits per heavy atom. The summed E-state index contributed by atoms with van der Waals surface area (Å²) in [7, 11) is 1.34. The first-order valence-electron chi connectivity index (χ1n) is 8.16. The van der Waals surface area contributed by atoms with Gasteiger partial charge in [0.2, 0.25) is 0 Å². The van der Waals surface area contributed by atoms with E-state index in [0.717, 1.165) is 21.6 Å². The van der Waals surface area contributed by atoms with Crippen LogP contribution in [-0.4, -0.2) is 19.0 Å². The maximum atomic E-state index is 12.6. The number of amides is 1. The number of thiophene rings is 1. The molecule has 0 fully saturated rings. The summed E-state index contributed by atoms with van der Waals surface area (Å²) >= 11 is 1.37. The van der Waals surface area contributed by atoms with E-state index in [1.165, 1.54) is 18.4 Å². The first kappa shape index (κ1) is 17.9. The molecule has 0 radical (unpaired) electrons. The largest absolute Gasteiger partial charge is 0.465 e. The van der Waals surface area contributed by atoms with Crippen LogP contribution in [0.25, 0.3) is 11.1 Å². The summed E-state index contributed by atoms with van der Waals surface area (Å²) in [6.45, 7) is 3.76. The lowest BCUT2D eigenvalue weighted by atomic mass is 10.0. The number of hydrogen-bond donors (Lipinski definition) is 1. The van der Waals surface area contributed by atoms with Crippen molar-refractivity contribution in [2.24, 2.45) is 0 Å². The molecule has 0 aliphatic heterocycles. The summed E-state index contributed by atoms with van der Waals surface area (Å²) in [6.07, 6.45) is 0. The first-order valence-corrected chi connectivity index (χ1v) is 8.98. The lowest BCUT2D eigenvalue weighted by molar-refractivity contribution is 0.0601. The molecule has 2 aromatic carbocycles. The predicted molar refractivity (Wildman–Crippen MR) is 105 cm³/mol. The Bertz CT molecular complexity index is 943. The molecule has 0 spiro atoms. The molecule has 3 aromatic rings. The van der Waals surface area contributed by atoms with Crippen LogP contribution in [0.15, 0.2) is 54.6 Å². The number of benzene rings is 2. The fourth-order valence-corrected chi connectivity index (χ4v) is 3.73. The van der Waals surface area contributed by atoms with Crippen LogP contribution < -0.4 is 5.32 Å². The van der Waals surface area contributed by atoms with Gasteiger partial charge in [-0.05, 0) is 42.7 Å². The molecular weight excluding hydrogens is 346 g/mol. The zero-order valence-electron chi connectivity index (χ0n) is 14.8. The number of hydrogen-bond acceptors (Lipinski definition) is 4. The molecule has 5 heteroatoms. The number of methoxy groups -OCH3 is 1. The van der Waals surface area contributed by atoms with Gasteiger partial charge in [0, 0.05) is 10.4 Å². The van der Waals surface area contributed by atoms with Crippen LogP contribution in [0.1, 0.15) is 31.2 Å². The van der Waals surface area contributed by atoms with E-state index in [0.29, 0.717) is 16.1 Å². The van der Waals surface area contributed by atoms with Crippen molar-refractivity contribution >= 4 is 28.2 Å². The van der Waals surface area contributed by atoms with E-state index in [2.05, 4.69) is 5.32 Å². The number of esters is 1. The van der Waals surface area contributed by atoms with Crippen molar-refractivity contribution in [3.63, 3.8) is 0 Å². The van der Waals surface area contributed by atoms with Gasteiger partial charge in [0.25, 0.3) is 5.91 Å². The van der Waals surface area contributed by atoms with Crippen molar-refractivity contribution in [3.05, 3.63) is 76.2 Å². The lowest BCUT2D eigenvalue weighted by Gasteiger charge is -2.07. The Labute approximate surface area is 156 Å². The van der Waals surface area contributed by atoms with Gasteiger partial charge < -0.3 is 10.1 Å². The zero-order chi connectivity index (χ0) is 18.7. The summed E-state index contributed by atoms with van der Waals surface area (Å²) in [5.74, 6) is -0.697. The molecule has 0 bridgehead atoms. The molecule has 0 atom stereocenters. The molecule has 0 saturated carbocycles. The average Bonchev–Trinajstić information content (AvgIpc) is 2.95. The molecule has 3 rings (SSSR count). The van der Waals surface area contributed by atoms with Gasteiger partial charge in [-0.1, -0.05) is 42.5 Å². The number of carbonyl (C=O) groups is 2. The van der Waals surface area contributed by atoms with Crippen LogP contribution in [-0.2, 0) is 4.74 Å². The third kappa shape index (κ3) is 3.53. The van der Waals surface area contributed by atoms with Gasteiger partial charge in [0.15, 0.2) is 0 Å². The van der Waals surface area contributed by atoms with E-state index in [1.54, 1.807) is 12.1 Å². The van der Waals surface area contributed by atoms with Crippen LogP contribution in [0.3, 0.4) is 0 Å². The second-order valence-electron chi connectivity index (χ2n) is 5.88. The van der Waals surface area contributed by atoms with E-state index in [4.69, 9.17) is 4.74 Å². The van der Waals surface area contributed by atoms with E-state index in [-0.39, 0.29) is 5.91 Å². The quantitative estimate of drug-likeness (QED) is 0.657. The third-order valence-corrected chi connectivity index (χ3v) is 5.38. The van der Waals surface area contributed by atoms with Crippen molar-refractivity contribution in [1.29, 1.82) is 0 Å². The molecule has 1 aromatic heterocycles. The highest BCUT2D eigenvalue weighted by atomic mass is 32.1. The number of rotatable bonds is 4. The standard InChI is InChI=1S/C21H19NO3S/c1-13-14(2)26-20(18(13)21(24)25-3)22-19(23)17-11-9-16(10-12-17)15-7-5-4-6-8-15/h4-12H,1-3H3,(H,22,23). The van der Waals surface area contributed by atoms with E-state index < -0.39 is 5.97 Å². The second kappa shape index (κ2) is 7.54. The SMILES string of the molecule is COC(=O)c1c(NC(=O)c2ccc(-c3ccccc3)cc2)sc(C)c1C. The summed E-state index contributed by atoms with van der Waals surface area (Å²) in [6, 6.07) is 17.4. The molecule has 1 heterocycles. The van der Waals surface area contributed by atoms with Crippen LogP contribution in [0.4, 0.5) is 5.00 Å². The third-order valence-electron chi connectivity index (χ3n) is 4.26. The number of aryl methyl sites for hydroxylation is 1. The summed E-state index contributed by atoms with van der Waals surface area (Å²) < 4.78 is 4.84. The molecule has 0 aliphatic carbocycles. The highest BCUT2D eigenvalue weighted by Gasteiger charge is 2.21. The van der Waals surface area contributed by atoms with Gasteiger partial charge in [0.1, 0.15) is 5.00 Å². The zero-order valence-corrected chi connectivity index (χ0v) is 15.6. The Morgan fingerprint density at radius 1 is 0.923 bits per heavy atom. The van der Waals surface area contributed by atoms with Gasteiger partial charge in [-0.3, -0.25) is 4.79 Å². The Balaban J connectivity index is 1.83. The van der Waals surface area contributed by atoms with Crippen LogP contribution in [0, 0.1) is 13.8 Å². The van der Waals surface area contributed by atoms with Gasteiger partial charge in [-0.15, -0.1) is 11.3 Å². The highest BCUT2D eigenvalue weighted by molar-refractivity contribution is 7.16. The molecule has 1 amide bonds. The minimum atomic E-state index is -0.443. The molecule has 132 valence electrons. The van der Waals surface area contributed by atoms with E-state index in [9.17, 15) is 9.59 Å². The number of ether oxygens (including phenoxy) is 1. The van der Waals surface area contributed by atoms with Crippen molar-refractivity contribution in [2.45, 2.75) is 13.8 Å². The fraction of sp³-hybridized carbons (Fsp3) is 0.143. The van der Waals surface area contributed by atoms with E-state index >= 15 is 0 Å². The fourth-order valence-electron chi connectivity index (χ4n) is 2.68. The lowest BCUT2D eigenvalue weighted by Crippen LogP contribution is -2.14. The Hall–Kier alpha value is -2.92. The molecule has 4 nitrogen and oxygen atoms in total. The molecule has 0 aliphatic rings. The van der Waals surface area contributed by atoms with Crippen LogP contribution in [0.5, 0.6) is 0 Å². The van der Waals surface area contributed by atoms with Crippen LogP contribution >= 0.6 is 11.3 Å². The summed E-state index contributed by atoms with van der Waals surface area (Å²) in [4.78, 5) is 25.6. The van der Waals surface area contributed by atoms with Crippen molar-refractivity contribution < 1.29 is 14.3 Å². The summed E-state index contributed by atoms with van der Waals surface area (Å²) in [5, 5.41) is 3.36. The molecular formula is C21H19NO3S. The average molecular weight is 365 g/mol. The van der Waals surface area contributed by atoms with E-state index in [1.807, 2.05) is 56.3 Å². The Morgan fingerprint density at radius 2 is 1.54 bits per heavy atom. The number of nitrogens with one attached hydrogen (secondary N) is 1. The minimum Gasteiger partial charge on any atom is -0.465 e. The maximum absolute atomic E-state index is 12.6. The number of carbonyl (C=O) groups excluding carboxylic acids is 2. The topological polar surface area (TPSA) is 55.4 Å². The number of anilines is 1. The maximum Gasteiger partial charge on any atom is 0.341 e. The van der Waals surface area contributed by atoms with Crippen molar-refractivity contribution in [3.8, 4) is 11.1 Å². The second-order valence-corrected chi connectivity index (χ2v) is 7.10. The van der Waals surface area contributed by atoms with Gasteiger partial charge in [-0.25, -0.2) is 4.79 Å². The van der Waals surface area contributed by atoms with Crippen molar-refractivity contribution in [2.75, 3.05) is 12.4 Å². The minimum absolute atomic E-state index is 0.254. The smallest absolute Gasteiger partial charge is 0.341 e. The highest BCUT2D eigenvalue weighted by Crippen LogP contribution is 2.33. The van der Waals surface area contributed by atoms with Gasteiger partial charge >= 0.3 is 5.97 Å². The monoisotopic (exact) mass is 365 g/mol. The first-order chi connectivity index (χ1) is 12.5. The molecule has 0 saturated heterocycles. The normalized spacial score (nSPS) is 10.4. The molecule has 26 heavy (non-hydrogen) atoms.